The minimum Gasteiger partial charge on any atom is -0.353 e. The Hall–Kier alpha value is -0.530. The Morgan fingerprint density at radius 1 is 1.57 bits per heavy atom. The van der Waals surface area contributed by atoms with Gasteiger partial charge in [0.15, 0.2) is 0 Å². The fourth-order valence-corrected chi connectivity index (χ4v) is 0.612. The van der Waals surface area contributed by atoms with E-state index in [1.807, 2.05) is 13.8 Å². The highest BCUT2D eigenvalue weighted by molar-refractivity contribution is 5.85. The summed E-state index contributed by atoms with van der Waals surface area (Å²) in [5.41, 5.74) is 0. The molecule has 0 aromatic rings. The summed E-state index contributed by atoms with van der Waals surface area (Å²) < 4.78 is 0. The van der Waals surface area contributed by atoms with Gasteiger partial charge in [-0.3, -0.25) is 4.79 Å². The quantitative estimate of drug-likeness (QED) is 0.430. The smallest absolute Gasteiger partial charge is 0.225 e. The molecule has 1 aliphatic heterocycles. The van der Waals surface area contributed by atoms with E-state index in [0.29, 0.717) is 6.04 Å². The third-order valence-corrected chi connectivity index (χ3v) is 1.53. The molecule has 2 atom stereocenters. The summed E-state index contributed by atoms with van der Waals surface area (Å²) in [4.78, 5) is 10.3. The molecular formula is C5H9NO. The summed E-state index contributed by atoms with van der Waals surface area (Å²) in [7, 11) is 0. The van der Waals surface area contributed by atoms with Crippen LogP contribution in [0.25, 0.3) is 0 Å². The van der Waals surface area contributed by atoms with Crippen molar-refractivity contribution in [3.8, 4) is 0 Å². The summed E-state index contributed by atoms with van der Waals surface area (Å²) in [6, 6.07) is 0.410. The third-order valence-electron chi connectivity index (χ3n) is 1.53. The van der Waals surface area contributed by atoms with Crippen molar-refractivity contribution in [2.45, 2.75) is 19.9 Å². The molecule has 0 aliphatic carbocycles. The first-order valence-corrected chi connectivity index (χ1v) is 2.52. The van der Waals surface area contributed by atoms with Crippen molar-refractivity contribution in [2.75, 3.05) is 0 Å². The zero-order chi connectivity index (χ0) is 5.44. The average Bonchev–Trinajstić information content (AvgIpc) is 1.68. The second-order valence-corrected chi connectivity index (χ2v) is 2.09. The second kappa shape index (κ2) is 1.22. The van der Waals surface area contributed by atoms with Crippen molar-refractivity contribution in [3.05, 3.63) is 0 Å². The molecule has 2 heteroatoms. The normalized spacial score (nSPS) is 39.4. The summed E-state index contributed by atoms with van der Waals surface area (Å²) >= 11 is 0. The minimum atomic E-state index is 0.188. The Balaban J connectivity index is 2.43. The summed E-state index contributed by atoms with van der Waals surface area (Å²) in [5.74, 6) is 0.438. The van der Waals surface area contributed by atoms with Gasteiger partial charge >= 0.3 is 0 Å². The molecule has 2 nitrogen and oxygen atoms in total. The van der Waals surface area contributed by atoms with Crippen molar-refractivity contribution >= 4 is 5.91 Å². The molecule has 1 saturated heterocycles. The van der Waals surface area contributed by atoms with Gasteiger partial charge < -0.3 is 5.32 Å². The van der Waals surface area contributed by atoms with Crippen molar-refractivity contribution in [1.82, 2.24) is 5.32 Å². The topological polar surface area (TPSA) is 29.1 Å². The van der Waals surface area contributed by atoms with Crippen LogP contribution in [0.3, 0.4) is 0 Å². The SMILES string of the molecule is CC1NC(=O)[C@H]1C. The lowest BCUT2D eigenvalue weighted by Gasteiger charge is -2.30. The molecule has 0 aromatic heterocycles. The third kappa shape index (κ3) is 0.501. The van der Waals surface area contributed by atoms with E-state index < -0.39 is 0 Å². The molecule has 0 radical (unpaired) electrons. The Morgan fingerprint density at radius 2 is 2.14 bits per heavy atom. The van der Waals surface area contributed by atoms with Crippen LogP contribution in [0, 0.1) is 5.92 Å². The Labute approximate surface area is 42.9 Å². The van der Waals surface area contributed by atoms with E-state index in [0.717, 1.165) is 0 Å². The Kier molecular flexibility index (Phi) is 0.805. The molecule has 7 heavy (non-hydrogen) atoms. The summed E-state index contributed by atoms with van der Waals surface area (Å²) in [6.45, 7) is 3.94. The highest BCUT2D eigenvalue weighted by atomic mass is 16.2. The van der Waals surface area contributed by atoms with Crippen LogP contribution in [0.15, 0.2) is 0 Å². The van der Waals surface area contributed by atoms with Gasteiger partial charge in [-0.05, 0) is 6.92 Å². The van der Waals surface area contributed by atoms with Crippen molar-refractivity contribution in [3.63, 3.8) is 0 Å². The lowest BCUT2D eigenvalue weighted by Crippen LogP contribution is -2.54. The van der Waals surface area contributed by atoms with Gasteiger partial charge in [-0.25, -0.2) is 0 Å². The van der Waals surface area contributed by atoms with E-state index in [1.54, 1.807) is 0 Å². The van der Waals surface area contributed by atoms with Gasteiger partial charge in [-0.15, -0.1) is 0 Å². The van der Waals surface area contributed by atoms with E-state index in [2.05, 4.69) is 5.32 Å². The van der Waals surface area contributed by atoms with E-state index >= 15 is 0 Å². The van der Waals surface area contributed by atoms with Gasteiger partial charge in [0, 0.05) is 6.04 Å². The predicted molar refractivity (Wildman–Crippen MR) is 26.8 cm³/mol. The van der Waals surface area contributed by atoms with Gasteiger partial charge in [0.05, 0.1) is 5.92 Å². The lowest BCUT2D eigenvalue weighted by atomic mass is 9.95. The Morgan fingerprint density at radius 3 is 2.14 bits per heavy atom. The van der Waals surface area contributed by atoms with Crippen LogP contribution in [-0.2, 0) is 4.79 Å². The monoisotopic (exact) mass is 99.1 g/mol. The van der Waals surface area contributed by atoms with Crippen LogP contribution in [0.4, 0.5) is 0 Å². The predicted octanol–water partition coefficient (Wildman–Crippen LogP) is 0.141. The van der Waals surface area contributed by atoms with Crippen LogP contribution in [0.1, 0.15) is 13.8 Å². The van der Waals surface area contributed by atoms with E-state index in [9.17, 15) is 4.79 Å². The fraction of sp³-hybridized carbons (Fsp3) is 0.800. The number of hydrogen-bond acceptors (Lipinski definition) is 1. The fourth-order valence-electron chi connectivity index (χ4n) is 0.612. The first kappa shape index (κ1) is 4.62. The molecule has 1 heterocycles. The van der Waals surface area contributed by atoms with Crippen molar-refractivity contribution < 1.29 is 4.79 Å². The van der Waals surface area contributed by atoms with Crippen LogP contribution >= 0.6 is 0 Å². The molecule has 1 N–H and O–H groups in total. The molecule has 0 aromatic carbocycles. The van der Waals surface area contributed by atoms with Crippen molar-refractivity contribution in [2.24, 2.45) is 5.92 Å². The standard InChI is InChI=1S/C5H9NO/c1-3-4(2)6-5(3)7/h3-4H,1-2H3,(H,6,7)/t3-,4?/m0/s1. The molecule has 0 spiro atoms. The molecule has 1 rings (SSSR count). The number of hydrogen-bond donors (Lipinski definition) is 1. The minimum absolute atomic E-state index is 0.188. The maximum absolute atomic E-state index is 10.3. The van der Waals surface area contributed by atoms with Crippen molar-refractivity contribution in [1.29, 1.82) is 0 Å². The lowest BCUT2D eigenvalue weighted by molar-refractivity contribution is -0.133. The maximum atomic E-state index is 10.3. The second-order valence-electron chi connectivity index (χ2n) is 2.09. The first-order valence-electron chi connectivity index (χ1n) is 2.52. The van der Waals surface area contributed by atoms with Crippen LogP contribution in [-0.4, -0.2) is 11.9 Å². The van der Waals surface area contributed by atoms with E-state index in [1.165, 1.54) is 0 Å². The van der Waals surface area contributed by atoms with E-state index in [-0.39, 0.29) is 11.8 Å². The number of nitrogens with one attached hydrogen (secondary N) is 1. The number of carbonyl (C=O) groups is 1. The zero-order valence-corrected chi connectivity index (χ0v) is 4.56. The molecule has 0 bridgehead atoms. The van der Waals surface area contributed by atoms with Gasteiger partial charge in [-0.1, -0.05) is 6.92 Å². The molecule has 1 aliphatic rings. The highest BCUT2D eigenvalue weighted by Gasteiger charge is 2.30. The highest BCUT2D eigenvalue weighted by Crippen LogP contribution is 2.11. The number of carbonyl (C=O) groups excluding carboxylic acids is 1. The van der Waals surface area contributed by atoms with Crippen LogP contribution in [0.5, 0.6) is 0 Å². The molecule has 40 valence electrons. The van der Waals surface area contributed by atoms with Gasteiger partial charge in [0.2, 0.25) is 5.91 Å². The molecule has 1 amide bonds. The van der Waals surface area contributed by atoms with Gasteiger partial charge in [0.1, 0.15) is 0 Å². The molecule has 0 saturated carbocycles. The summed E-state index contributed by atoms with van der Waals surface area (Å²) in [6.07, 6.45) is 0. The number of rotatable bonds is 0. The molecule has 1 unspecified atom stereocenters. The van der Waals surface area contributed by atoms with E-state index in [4.69, 9.17) is 0 Å². The van der Waals surface area contributed by atoms with Gasteiger partial charge in [0.25, 0.3) is 0 Å². The molecule has 1 fully saturated rings. The van der Waals surface area contributed by atoms with Gasteiger partial charge in [-0.2, -0.15) is 0 Å². The van der Waals surface area contributed by atoms with Crippen LogP contribution in [0.2, 0.25) is 0 Å². The zero-order valence-electron chi connectivity index (χ0n) is 4.56. The van der Waals surface area contributed by atoms with Crippen LogP contribution < -0.4 is 5.32 Å². The largest absolute Gasteiger partial charge is 0.353 e. The maximum Gasteiger partial charge on any atom is 0.225 e. The number of β-lactam (4-membered cyclic amide) rings is 1. The first-order chi connectivity index (χ1) is 3.22. The Bertz CT molecular complexity index is 100. The average molecular weight is 99.1 g/mol. The number of amides is 1. The summed E-state index contributed by atoms with van der Waals surface area (Å²) in [5, 5.41) is 2.72. The molecular weight excluding hydrogens is 90.1 g/mol.